The topological polar surface area (TPSA) is 20.2 Å². The smallest absolute Gasteiger partial charge is 0.0637 e. The standard InChI is InChI=1S/C20H28O/c1-14-3-5-15(6-4-14)8-18(21)20-11-16-7-17(12-20)10-19(2,9-16)13-20/h3-6,16-18,21H,7-13H2,1-2H3. The second kappa shape index (κ2) is 4.59. The number of benzene rings is 1. The number of hydrogen-bond donors (Lipinski definition) is 1. The highest BCUT2D eigenvalue weighted by molar-refractivity contribution is 5.23. The molecule has 1 aromatic rings. The van der Waals surface area contributed by atoms with Crippen LogP contribution in [0.5, 0.6) is 0 Å². The Hall–Kier alpha value is -0.820. The third-order valence-electron chi connectivity index (χ3n) is 6.66. The van der Waals surface area contributed by atoms with Gasteiger partial charge in [0.15, 0.2) is 0 Å². The third-order valence-corrected chi connectivity index (χ3v) is 6.66. The quantitative estimate of drug-likeness (QED) is 0.866. The predicted octanol–water partition coefficient (Wildman–Crippen LogP) is 4.50. The molecule has 3 atom stereocenters. The van der Waals surface area contributed by atoms with E-state index in [9.17, 15) is 5.11 Å². The molecule has 4 aliphatic rings. The molecule has 4 fully saturated rings. The summed E-state index contributed by atoms with van der Waals surface area (Å²) >= 11 is 0. The second-order valence-electron chi connectivity index (χ2n) is 8.84. The Morgan fingerprint density at radius 2 is 1.71 bits per heavy atom. The summed E-state index contributed by atoms with van der Waals surface area (Å²) < 4.78 is 0. The van der Waals surface area contributed by atoms with Crippen molar-refractivity contribution in [3.05, 3.63) is 35.4 Å². The molecule has 0 saturated heterocycles. The van der Waals surface area contributed by atoms with E-state index >= 15 is 0 Å². The van der Waals surface area contributed by atoms with E-state index in [1.165, 1.54) is 49.7 Å². The maximum absolute atomic E-state index is 11.1. The molecule has 4 saturated carbocycles. The molecule has 1 nitrogen and oxygen atoms in total. The van der Waals surface area contributed by atoms with Crippen molar-refractivity contribution in [1.29, 1.82) is 0 Å². The molecule has 1 aromatic carbocycles. The van der Waals surface area contributed by atoms with Crippen molar-refractivity contribution in [2.24, 2.45) is 22.7 Å². The lowest BCUT2D eigenvalue weighted by atomic mass is 9.43. The van der Waals surface area contributed by atoms with Gasteiger partial charge in [-0.3, -0.25) is 0 Å². The fourth-order valence-electron chi connectivity index (χ4n) is 6.35. The Morgan fingerprint density at radius 1 is 1.10 bits per heavy atom. The Morgan fingerprint density at radius 3 is 2.29 bits per heavy atom. The van der Waals surface area contributed by atoms with Crippen molar-refractivity contribution >= 4 is 0 Å². The van der Waals surface area contributed by atoms with Gasteiger partial charge < -0.3 is 5.11 Å². The van der Waals surface area contributed by atoms with Gasteiger partial charge in [-0.05, 0) is 80.1 Å². The fraction of sp³-hybridized carbons (Fsp3) is 0.700. The molecule has 0 amide bonds. The highest BCUT2D eigenvalue weighted by atomic mass is 16.3. The van der Waals surface area contributed by atoms with Gasteiger partial charge in [-0.15, -0.1) is 0 Å². The van der Waals surface area contributed by atoms with Gasteiger partial charge in [0.2, 0.25) is 0 Å². The molecular weight excluding hydrogens is 256 g/mol. The van der Waals surface area contributed by atoms with Crippen LogP contribution in [-0.4, -0.2) is 11.2 Å². The van der Waals surface area contributed by atoms with Gasteiger partial charge in [0, 0.05) is 0 Å². The van der Waals surface area contributed by atoms with Crippen LogP contribution in [0.25, 0.3) is 0 Å². The van der Waals surface area contributed by atoms with E-state index in [2.05, 4.69) is 38.1 Å². The molecule has 3 unspecified atom stereocenters. The molecule has 114 valence electrons. The first-order valence-electron chi connectivity index (χ1n) is 8.70. The highest BCUT2D eigenvalue weighted by Crippen LogP contribution is 2.66. The van der Waals surface area contributed by atoms with Crippen LogP contribution < -0.4 is 0 Å². The first-order valence-corrected chi connectivity index (χ1v) is 8.70. The summed E-state index contributed by atoms with van der Waals surface area (Å²) in [4.78, 5) is 0. The molecule has 0 aliphatic heterocycles. The van der Waals surface area contributed by atoms with E-state index in [0.29, 0.717) is 5.41 Å². The van der Waals surface area contributed by atoms with Gasteiger partial charge in [-0.2, -0.15) is 0 Å². The van der Waals surface area contributed by atoms with Gasteiger partial charge in [0.05, 0.1) is 6.10 Å². The first kappa shape index (κ1) is 13.8. The summed E-state index contributed by atoms with van der Waals surface area (Å²) in [6.07, 6.45) is 8.80. The molecule has 0 radical (unpaired) electrons. The van der Waals surface area contributed by atoms with Gasteiger partial charge in [-0.1, -0.05) is 36.8 Å². The minimum Gasteiger partial charge on any atom is -0.392 e. The van der Waals surface area contributed by atoms with Crippen LogP contribution in [0.15, 0.2) is 24.3 Å². The summed E-state index contributed by atoms with van der Waals surface area (Å²) in [6.45, 7) is 4.61. The SMILES string of the molecule is Cc1ccc(CC(O)C23CC4CC(CC(C)(C4)C2)C3)cc1. The number of aliphatic hydroxyl groups excluding tert-OH is 1. The predicted molar refractivity (Wildman–Crippen MR) is 86.1 cm³/mol. The zero-order valence-corrected chi connectivity index (χ0v) is 13.4. The molecule has 1 N–H and O–H groups in total. The van der Waals surface area contributed by atoms with Crippen molar-refractivity contribution in [3.8, 4) is 0 Å². The van der Waals surface area contributed by atoms with E-state index in [4.69, 9.17) is 0 Å². The molecular formula is C20H28O. The number of aliphatic hydroxyl groups is 1. The maximum atomic E-state index is 11.1. The molecule has 0 spiro atoms. The van der Waals surface area contributed by atoms with Crippen LogP contribution in [-0.2, 0) is 6.42 Å². The number of rotatable bonds is 3. The van der Waals surface area contributed by atoms with Gasteiger partial charge >= 0.3 is 0 Å². The average molecular weight is 284 g/mol. The summed E-state index contributed by atoms with van der Waals surface area (Å²) in [5.41, 5.74) is 3.35. The van der Waals surface area contributed by atoms with Crippen LogP contribution in [0.3, 0.4) is 0 Å². The van der Waals surface area contributed by atoms with Crippen molar-refractivity contribution in [3.63, 3.8) is 0 Å². The molecule has 4 bridgehead atoms. The maximum Gasteiger partial charge on any atom is 0.0637 e. The summed E-state index contributed by atoms with van der Waals surface area (Å²) in [5.74, 6) is 1.79. The van der Waals surface area contributed by atoms with Crippen LogP contribution in [0.1, 0.15) is 56.6 Å². The largest absolute Gasteiger partial charge is 0.392 e. The van der Waals surface area contributed by atoms with Crippen LogP contribution in [0.4, 0.5) is 0 Å². The second-order valence-corrected chi connectivity index (χ2v) is 8.84. The Labute approximate surface area is 128 Å². The fourth-order valence-corrected chi connectivity index (χ4v) is 6.35. The monoisotopic (exact) mass is 284 g/mol. The molecule has 1 heteroatoms. The van der Waals surface area contributed by atoms with E-state index in [-0.39, 0.29) is 11.5 Å². The first-order chi connectivity index (χ1) is 9.96. The zero-order valence-electron chi connectivity index (χ0n) is 13.4. The van der Waals surface area contributed by atoms with Gasteiger partial charge in [0.25, 0.3) is 0 Å². The van der Waals surface area contributed by atoms with E-state index in [1.54, 1.807) is 0 Å². The van der Waals surface area contributed by atoms with E-state index in [1.807, 2.05) is 0 Å². The summed E-state index contributed by atoms with van der Waals surface area (Å²) in [6, 6.07) is 8.73. The van der Waals surface area contributed by atoms with Crippen LogP contribution in [0, 0.1) is 29.6 Å². The minimum atomic E-state index is -0.148. The third kappa shape index (κ3) is 2.34. The Bertz CT molecular complexity index is 515. The van der Waals surface area contributed by atoms with E-state index in [0.717, 1.165) is 18.3 Å². The van der Waals surface area contributed by atoms with Gasteiger partial charge in [0.1, 0.15) is 0 Å². The normalized spacial score (nSPS) is 42.2. The number of hydrogen-bond acceptors (Lipinski definition) is 1. The molecule has 5 rings (SSSR count). The molecule has 0 aromatic heterocycles. The van der Waals surface area contributed by atoms with E-state index < -0.39 is 0 Å². The van der Waals surface area contributed by atoms with Gasteiger partial charge in [-0.25, -0.2) is 0 Å². The van der Waals surface area contributed by atoms with Crippen LogP contribution in [0.2, 0.25) is 0 Å². The lowest BCUT2D eigenvalue weighted by Gasteiger charge is -2.62. The average Bonchev–Trinajstić information content (AvgIpc) is 2.38. The van der Waals surface area contributed by atoms with Crippen molar-refractivity contribution < 1.29 is 5.11 Å². The highest BCUT2D eigenvalue weighted by Gasteiger charge is 2.57. The molecule has 21 heavy (non-hydrogen) atoms. The molecule has 0 heterocycles. The van der Waals surface area contributed by atoms with Crippen molar-refractivity contribution in [2.75, 3.05) is 0 Å². The van der Waals surface area contributed by atoms with Crippen molar-refractivity contribution in [1.82, 2.24) is 0 Å². The minimum absolute atomic E-state index is 0.148. The Kier molecular flexibility index (Phi) is 3.02. The lowest BCUT2D eigenvalue weighted by Crippen LogP contribution is -2.55. The summed E-state index contributed by atoms with van der Waals surface area (Å²) in [7, 11) is 0. The lowest BCUT2D eigenvalue weighted by molar-refractivity contribution is -0.152. The molecule has 4 aliphatic carbocycles. The van der Waals surface area contributed by atoms with Crippen LogP contribution >= 0.6 is 0 Å². The zero-order chi connectivity index (χ0) is 14.7. The summed E-state index contributed by atoms with van der Waals surface area (Å²) in [5, 5.41) is 11.1. The number of aryl methyl sites for hydroxylation is 1. The van der Waals surface area contributed by atoms with Crippen molar-refractivity contribution in [2.45, 2.75) is 64.9 Å². The Balaban J connectivity index is 1.56.